The molecule has 6 heteroatoms. The molecule has 2 aromatic carbocycles. The number of piperidine rings is 1. The molecular weight excluding hydrogens is 362 g/mol. The molecule has 27 heavy (non-hydrogen) atoms. The first-order valence-electron chi connectivity index (χ1n) is 8.87. The summed E-state index contributed by atoms with van der Waals surface area (Å²) in [4.78, 5) is 13.9. The molecule has 0 aliphatic carbocycles. The Morgan fingerprint density at radius 1 is 1.04 bits per heavy atom. The average Bonchev–Trinajstić information content (AvgIpc) is 2.72. The highest BCUT2D eigenvalue weighted by Gasteiger charge is 2.36. The molecule has 2 aromatic rings. The molecule has 1 N–H and O–H groups in total. The van der Waals surface area contributed by atoms with E-state index in [4.69, 9.17) is 4.74 Å². The van der Waals surface area contributed by atoms with E-state index in [0.29, 0.717) is 32.5 Å². The zero-order valence-corrected chi connectivity index (χ0v) is 16.0. The van der Waals surface area contributed by atoms with Gasteiger partial charge in [-0.2, -0.15) is 5.26 Å². The number of benzene rings is 2. The van der Waals surface area contributed by atoms with E-state index in [9.17, 15) is 10.1 Å². The minimum atomic E-state index is -0.591. The van der Waals surface area contributed by atoms with Gasteiger partial charge in [0.1, 0.15) is 12.1 Å². The summed E-state index contributed by atoms with van der Waals surface area (Å²) in [6, 6.07) is 22.1. The summed E-state index contributed by atoms with van der Waals surface area (Å²) < 4.78 is 5.38. The third-order valence-corrected chi connectivity index (χ3v) is 4.77. The van der Waals surface area contributed by atoms with Crippen LogP contribution in [0.5, 0.6) is 0 Å². The van der Waals surface area contributed by atoms with Crippen LogP contribution in [0.1, 0.15) is 24.0 Å². The Balaban J connectivity index is 0.00000261. The van der Waals surface area contributed by atoms with Crippen LogP contribution in [0.15, 0.2) is 60.7 Å². The standard InChI is InChI=1S/C21H23N3O2.ClH/c22-17-21(23-15-18-7-3-1-4-8-18)11-13-24(14-12-21)20(25)26-16-19-9-5-2-6-10-19;/h1-10,23H,11-16H2;1H. The van der Waals surface area contributed by atoms with Gasteiger partial charge in [-0.05, 0) is 24.0 Å². The molecule has 0 unspecified atom stereocenters. The van der Waals surface area contributed by atoms with Gasteiger partial charge < -0.3 is 9.64 Å². The Morgan fingerprint density at radius 2 is 1.59 bits per heavy atom. The lowest BCUT2D eigenvalue weighted by molar-refractivity contribution is 0.0794. The molecule has 0 bridgehead atoms. The van der Waals surface area contributed by atoms with Crippen LogP contribution in [0.3, 0.4) is 0 Å². The molecule has 1 aliphatic rings. The fourth-order valence-electron chi connectivity index (χ4n) is 3.08. The van der Waals surface area contributed by atoms with Crippen LogP contribution in [0.25, 0.3) is 0 Å². The van der Waals surface area contributed by atoms with Crippen molar-refractivity contribution in [3.8, 4) is 6.07 Å². The molecule has 0 spiro atoms. The van der Waals surface area contributed by atoms with Crippen LogP contribution < -0.4 is 5.32 Å². The lowest BCUT2D eigenvalue weighted by atomic mass is 9.89. The summed E-state index contributed by atoms with van der Waals surface area (Å²) in [5.41, 5.74) is 1.52. The molecule has 3 rings (SSSR count). The summed E-state index contributed by atoms with van der Waals surface area (Å²) in [6.45, 7) is 1.95. The highest BCUT2D eigenvalue weighted by atomic mass is 35.5. The van der Waals surface area contributed by atoms with Crippen molar-refractivity contribution < 1.29 is 9.53 Å². The fraction of sp³-hybridized carbons (Fsp3) is 0.333. The van der Waals surface area contributed by atoms with Crippen molar-refractivity contribution in [3.63, 3.8) is 0 Å². The number of ether oxygens (including phenoxy) is 1. The van der Waals surface area contributed by atoms with Crippen molar-refractivity contribution in [1.82, 2.24) is 10.2 Å². The maximum atomic E-state index is 12.3. The first-order valence-corrected chi connectivity index (χ1v) is 8.87. The van der Waals surface area contributed by atoms with Gasteiger partial charge in [-0.15, -0.1) is 12.4 Å². The number of nitrogens with one attached hydrogen (secondary N) is 1. The number of halogens is 1. The number of carbonyl (C=O) groups is 1. The highest BCUT2D eigenvalue weighted by Crippen LogP contribution is 2.23. The molecule has 1 fully saturated rings. The fourth-order valence-corrected chi connectivity index (χ4v) is 3.08. The van der Waals surface area contributed by atoms with E-state index in [-0.39, 0.29) is 25.1 Å². The Kier molecular flexibility index (Phi) is 7.66. The van der Waals surface area contributed by atoms with E-state index in [1.807, 2.05) is 60.7 Å². The van der Waals surface area contributed by atoms with Crippen molar-refractivity contribution in [2.45, 2.75) is 31.5 Å². The minimum absolute atomic E-state index is 0. The van der Waals surface area contributed by atoms with E-state index in [1.165, 1.54) is 0 Å². The summed E-state index contributed by atoms with van der Waals surface area (Å²) in [5.74, 6) is 0. The molecule has 1 aliphatic heterocycles. The molecule has 0 atom stereocenters. The summed E-state index contributed by atoms with van der Waals surface area (Å²) in [5, 5.41) is 13.0. The molecular formula is C21H24ClN3O2. The smallest absolute Gasteiger partial charge is 0.410 e. The van der Waals surface area contributed by atoms with Crippen LogP contribution in [-0.4, -0.2) is 29.6 Å². The molecule has 0 saturated carbocycles. The Morgan fingerprint density at radius 3 is 2.15 bits per heavy atom. The van der Waals surface area contributed by atoms with E-state index < -0.39 is 5.54 Å². The van der Waals surface area contributed by atoms with Gasteiger partial charge in [0.25, 0.3) is 0 Å². The number of amides is 1. The van der Waals surface area contributed by atoms with E-state index in [0.717, 1.165) is 11.1 Å². The zero-order chi connectivity index (χ0) is 18.2. The number of carbonyl (C=O) groups excluding carboxylic acids is 1. The largest absolute Gasteiger partial charge is 0.445 e. The van der Waals surface area contributed by atoms with Crippen molar-refractivity contribution >= 4 is 18.5 Å². The minimum Gasteiger partial charge on any atom is -0.445 e. The van der Waals surface area contributed by atoms with Crippen LogP contribution in [-0.2, 0) is 17.9 Å². The zero-order valence-electron chi connectivity index (χ0n) is 15.1. The molecule has 1 heterocycles. The van der Waals surface area contributed by atoms with Crippen LogP contribution in [0, 0.1) is 11.3 Å². The summed E-state index contributed by atoms with van der Waals surface area (Å²) >= 11 is 0. The maximum Gasteiger partial charge on any atom is 0.410 e. The van der Waals surface area contributed by atoms with Crippen molar-refractivity contribution in [2.75, 3.05) is 13.1 Å². The van der Waals surface area contributed by atoms with Crippen molar-refractivity contribution in [3.05, 3.63) is 71.8 Å². The van der Waals surface area contributed by atoms with Gasteiger partial charge in [-0.3, -0.25) is 5.32 Å². The second-order valence-electron chi connectivity index (χ2n) is 6.56. The van der Waals surface area contributed by atoms with Gasteiger partial charge >= 0.3 is 6.09 Å². The lowest BCUT2D eigenvalue weighted by Gasteiger charge is -2.37. The third kappa shape index (κ3) is 5.72. The molecule has 1 amide bonds. The van der Waals surface area contributed by atoms with Gasteiger partial charge in [0.2, 0.25) is 0 Å². The molecule has 142 valence electrons. The topological polar surface area (TPSA) is 65.4 Å². The predicted molar refractivity (Wildman–Crippen MR) is 106 cm³/mol. The quantitative estimate of drug-likeness (QED) is 0.847. The lowest BCUT2D eigenvalue weighted by Crippen LogP contribution is -2.53. The maximum absolute atomic E-state index is 12.3. The number of rotatable bonds is 5. The van der Waals surface area contributed by atoms with E-state index in [1.54, 1.807) is 4.90 Å². The summed E-state index contributed by atoms with van der Waals surface area (Å²) in [7, 11) is 0. The number of hydrogen-bond donors (Lipinski definition) is 1. The molecule has 5 nitrogen and oxygen atoms in total. The number of hydrogen-bond acceptors (Lipinski definition) is 4. The second kappa shape index (κ2) is 9.96. The molecule has 1 saturated heterocycles. The van der Waals surface area contributed by atoms with Gasteiger partial charge in [-0.1, -0.05) is 60.7 Å². The van der Waals surface area contributed by atoms with Gasteiger partial charge in [0.05, 0.1) is 6.07 Å². The SMILES string of the molecule is Cl.N#CC1(NCc2ccccc2)CCN(C(=O)OCc2ccccc2)CC1. The number of nitrogens with zero attached hydrogens (tertiary/aromatic N) is 2. The number of nitriles is 1. The normalized spacial score (nSPS) is 15.3. The van der Waals surface area contributed by atoms with Crippen LogP contribution in [0.4, 0.5) is 4.79 Å². The predicted octanol–water partition coefficient (Wildman–Crippen LogP) is 3.89. The van der Waals surface area contributed by atoms with Crippen LogP contribution >= 0.6 is 12.4 Å². The number of likely N-dealkylation sites (tertiary alicyclic amines) is 1. The van der Waals surface area contributed by atoms with Gasteiger partial charge in [0.15, 0.2) is 0 Å². The van der Waals surface area contributed by atoms with Gasteiger partial charge in [0, 0.05) is 19.6 Å². The molecule has 0 radical (unpaired) electrons. The van der Waals surface area contributed by atoms with Gasteiger partial charge in [-0.25, -0.2) is 4.79 Å². The Hall–Kier alpha value is -2.55. The first kappa shape index (κ1) is 20.8. The first-order chi connectivity index (χ1) is 12.7. The average molecular weight is 386 g/mol. The van der Waals surface area contributed by atoms with Crippen molar-refractivity contribution in [1.29, 1.82) is 5.26 Å². The Labute approximate surface area is 166 Å². The Bertz CT molecular complexity index is 754. The third-order valence-electron chi connectivity index (χ3n) is 4.77. The van der Waals surface area contributed by atoms with E-state index in [2.05, 4.69) is 11.4 Å². The van der Waals surface area contributed by atoms with Crippen molar-refractivity contribution in [2.24, 2.45) is 0 Å². The van der Waals surface area contributed by atoms with E-state index >= 15 is 0 Å². The van der Waals surface area contributed by atoms with Crippen LogP contribution in [0.2, 0.25) is 0 Å². The summed E-state index contributed by atoms with van der Waals surface area (Å²) in [6.07, 6.45) is 0.872. The highest BCUT2D eigenvalue weighted by molar-refractivity contribution is 5.85. The second-order valence-corrected chi connectivity index (χ2v) is 6.56. The monoisotopic (exact) mass is 385 g/mol. The molecule has 0 aromatic heterocycles.